The Morgan fingerprint density at radius 1 is 1.20 bits per heavy atom. The van der Waals surface area contributed by atoms with Gasteiger partial charge in [0.25, 0.3) is 5.91 Å². The molecule has 2 heterocycles. The summed E-state index contributed by atoms with van der Waals surface area (Å²) in [6, 6.07) is 5.89. The van der Waals surface area contributed by atoms with Crippen molar-refractivity contribution in [3.63, 3.8) is 0 Å². The van der Waals surface area contributed by atoms with E-state index in [4.69, 9.17) is 16.0 Å². The predicted octanol–water partition coefficient (Wildman–Crippen LogP) is 4.66. The molecule has 1 aromatic carbocycles. The summed E-state index contributed by atoms with van der Waals surface area (Å²) >= 11 is 6.02. The topological polar surface area (TPSA) is 89.2 Å². The number of nitrogens with zero attached hydrogens (tertiary/aromatic N) is 2. The number of aryl methyl sites for hydroxylation is 1. The summed E-state index contributed by atoms with van der Waals surface area (Å²) in [5.74, 6) is -1.47. The Hall–Kier alpha value is -3.27. The second kappa shape index (κ2) is 8.23. The zero-order valence-electron chi connectivity index (χ0n) is 15.8. The van der Waals surface area contributed by atoms with Crippen molar-refractivity contribution in [2.24, 2.45) is 0 Å². The van der Waals surface area contributed by atoms with Crippen molar-refractivity contribution in [2.75, 3.05) is 10.6 Å². The van der Waals surface area contributed by atoms with Crippen LogP contribution in [0.15, 0.2) is 41.0 Å². The molecule has 0 fully saturated rings. The lowest BCUT2D eigenvalue weighted by molar-refractivity contribution is -0.136. The highest BCUT2D eigenvalue weighted by atomic mass is 35.5. The Bertz CT molecular complexity index is 1090. The molecule has 0 saturated heterocycles. The zero-order chi connectivity index (χ0) is 22.1. The van der Waals surface area contributed by atoms with E-state index >= 15 is 0 Å². The first-order valence-corrected chi connectivity index (χ1v) is 8.99. The molecule has 7 nitrogen and oxygen atoms in total. The predicted molar refractivity (Wildman–Crippen MR) is 103 cm³/mol. The number of nitrogens with one attached hydrogen (secondary N) is 2. The molecule has 30 heavy (non-hydrogen) atoms. The van der Waals surface area contributed by atoms with Crippen molar-refractivity contribution >= 4 is 34.8 Å². The molecule has 0 unspecified atom stereocenters. The lowest BCUT2D eigenvalue weighted by Crippen LogP contribution is -2.22. The summed E-state index contributed by atoms with van der Waals surface area (Å²) in [6.45, 7) is 2.99. The molecule has 2 amide bonds. The monoisotopic (exact) mass is 440 g/mol. The van der Waals surface area contributed by atoms with E-state index in [1.54, 1.807) is 13.8 Å². The van der Waals surface area contributed by atoms with Crippen LogP contribution >= 0.6 is 11.6 Å². The molecule has 0 aliphatic carbocycles. The van der Waals surface area contributed by atoms with Gasteiger partial charge in [-0.15, -0.1) is 0 Å². The van der Waals surface area contributed by atoms with Gasteiger partial charge in [-0.2, -0.15) is 18.3 Å². The molecule has 3 aromatic rings. The van der Waals surface area contributed by atoms with Gasteiger partial charge in [-0.3, -0.25) is 14.3 Å². The number of furan rings is 1. The third kappa shape index (κ3) is 4.65. The molecule has 11 heteroatoms. The summed E-state index contributed by atoms with van der Waals surface area (Å²) in [6.07, 6.45) is -3.50. The molecular weight excluding hydrogens is 425 g/mol. The van der Waals surface area contributed by atoms with Crippen molar-refractivity contribution in [3.05, 3.63) is 64.3 Å². The van der Waals surface area contributed by atoms with Crippen LogP contribution < -0.4 is 10.6 Å². The molecule has 0 atom stereocenters. The van der Waals surface area contributed by atoms with Crippen molar-refractivity contribution < 1.29 is 27.2 Å². The number of alkyl halides is 3. The van der Waals surface area contributed by atoms with E-state index in [2.05, 4.69) is 15.7 Å². The van der Waals surface area contributed by atoms with E-state index in [9.17, 15) is 22.8 Å². The Labute approximate surface area is 173 Å². The molecular formula is C19H16ClF3N4O3. The largest absolute Gasteiger partial charge is 0.459 e. The van der Waals surface area contributed by atoms with Gasteiger partial charge in [0.2, 0.25) is 5.91 Å². The summed E-state index contributed by atoms with van der Waals surface area (Å²) in [4.78, 5) is 24.3. The van der Waals surface area contributed by atoms with Crippen molar-refractivity contribution in [1.82, 2.24) is 9.78 Å². The molecule has 0 bridgehead atoms. The molecule has 0 aliphatic rings. The number of anilines is 2. The highest BCUT2D eigenvalue weighted by Gasteiger charge is 2.34. The van der Waals surface area contributed by atoms with Gasteiger partial charge in [-0.05, 0) is 44.2 Å². The maximum Gasteiger partial charge on any atom is 0.418 e. The fourth-order valence-electron chi connectivity index (χ4n) is 2.72. The van der Waals surface area contributed by atoms with Gasteiger partial charge in [0.1, 0.15) is 6.54 Å². The maximum absolute atomic E-state index is 13.5. The third-order valence-corrected chi connectivity index (χ3v) is 4.74. The van der Waals surface area contributed by atoms with Crippen molar-refractivity contribution in [3.8, 4) is 0 Å². The van der Waals surface area contributed by atoms with Gasteiger partial charge in [0.15, 0.2) is 5.76 Å². The van der Waals surface area contributed by atoms with Gasteiger partial charge in [0, 0.05) is 5.69 Å². The minimum absolute atomic E-state index is 0.0514. The molecule has 158 valence electrons. The van der Waals surface area contributed by atoms with Gasteiger partial charge in [-0.25, -0.2) is 0 Å². The molecule has 2 N–H and O–H groups in total. The molecule has 0 radical (unpaired) electrons. The Kier molecular flexibility index (Phi) is 5.88. The van der Waals surface area contributed by atoms with Crippen LogP contribution in [0.1, 0.15) is 27.5 Å². The van der Waals surface area contributed by atoms with Gasteiger partial charge >= 0.3 is 6.18 Å². The smallest absolute Gasteiger partial charge is 0.418 e. The highest BCUT2D eigenvalue weighted by Crippen LogP contribution is 2.36. The van der Waals surface area contributed by atoms with Crippen LogP contribution in [-0.4, -0.2) is 21.6 Å². The van der Waals surface area contributed by atoms with E-state index in [1.807, 2.05) is 0 Å². The number of amides is 2. The second-order valence-corrected chi connectivity index (χ2v) is 6.76. The number of hydrogen-bond donors (Lipinski definition) is 2. The van der Waals surface area contributed by atoms with Crippen molar-refractivity contribution in [2.45, 2.75) is 26.6 Å². The van der Waals surface area contributed by atoms with Crippen LogP contribution in [0.3, 0.4) is 0 Å². The van der Waals surface area contributed by atoms with E-state index in [1.165, 1.54) is 29.1 Å². The average Bonchev–Trinajstić information content (AvgIpc) is 3.28. The summed E-state index contributed by atoms with van der Waals surface area (Å²) in [7, 11) is 0. The van der Waals surface area contributed by atoms with Crippen LogP contribution in [0.2, 0.25) is 5.02 Å². The van der Waals surface area contributed by atoms with Crippen LogP contribution in [0.4, 0.5) is 24.5 Å². The number of rotatable bonds is 5. The number of carbonyl (C=O) groups excluding carboxylic acids is 2. The normalized spacial score (nSPS) is 11.4. The van der Waals surface area contributed by atoms with Crippen LogP contribution in [-0.2, 0) is 17.5 Å². The average molecular weight is 441 g/mol. The van der Waals surface area contributed by atoms with Crippen LogP contribution in [0.25, 0.3) is 0 Å². The zero-order valence-corrected chi connectivity index (χ0v) is 16.6. The fraction of sp³-hybridized carbons (Fsp3) is 0.211. The minimum Gasteiger partial charge on any atom is -0.459 e. The van der Waals surface area contributed by atoms with E-state index in [0.29, 0.717) is 16.4 Å². The quantitative estimate of drug-likeness (QED) is 0.604. The van der Waals surface area contributed by atoms with E-state index < -0.39 is 29.2 Å². The molecule has 0 spiro atoms. The number of halogens is 4. The van der Waals surface area contributed by atoms with Gasteiger partial charge in [0.05, 0.1) is 33.9 Å². The summed E-state index contributed by atoms with van der Waals surface area (Å²) in [5.41, 5.74) is -0.631. The number of aromatic nitrogens is 2. The van der Waals surface area contributed by atoms with Crippen LogP contribution in [0.5, 0.6) is 0 Å². The first-order valence-electron chi connectivity index (χ1n) is 8.61. The first kappa shape index (κ1) is 21.4. The molecule has 3 rings (SSSR count). The SMILES string of the molecule is Cc1nn(CC(=O)Nc2ccc(NC(=O)c3ccco3)cc2C(F)(F)F)c(C)c1Cl. The lowest BCUT2D eigenvalue weighted by Gasteiger charge is -2.16. The standard InChI is InChI=1S/C19H16ClF3N4O3/c1-10-17(20)11(2)27(26-10)9-16(28)25-14-6-5-12(8-13(14)19(21,22)23)24-18(29)15-4-3-7-30-15/h3-8H,9H2,1-2H3,(H,24,29)(H,25,28). The van der Waals surface area contributed by atoms with Gasteiger partial charge < -0.3 is 15.1 Å². The molecule has 0 aliphatic heterocycles. The number of hydrogen-bond acceptors (Lipinski definition) is 4. The Morgan fingerprint density at radius 3 is 2.50 bits per heavy atom. The van der Waals surface area contributed by atoms with Crippen molar-refractivity contribution in [1.29, 1.82) is 0 Å². The Morgan fingerprint density at radius 2 is 1.93 bits per heavy atom. The van der Waals surface area contributed by atoms with Crippen LogP contribution in [0, 0.1) is 13.8 Å². The van der Waals surface area contributed by atoms with E-state index in [0.717, 1.165) is 12.1 Å². The second-order valence-electron chi connectivity index (χ2n) is 6.38. The molecule has 2 aromatic heterocycles. The third-order valence-electron chi connectivity index (χ3n) is 4.19. The summed E-state index contributed by atoms with van der Waals surface area (Å²) in [5, 5.41) is 9.02. The Balaban J connectivity index is 1.80. The highest BCUT2D eigenvalue weighted by molar-refractivity contribution is 6.31. The number of benzene rings is 1. The fourth-order valence-corrected chi connectivity index (χ4v) is 2.86. The minimum atomic E-state index is -4.77. The van der Waals surface area contributed by atoms with E-state index in [-0.39, 0.29) is 18.0 Å². The summed E-state index contributed by atoms with van der Waals surface area (Å²) < 4.78 is 46.8. The first-order chi connectivity index (χ1) is 14.1. The number of carbonyl (C=O) groups is 2. The van der Waals surface area contributed by atoms with Gasteiger partial charge in [-0.1, -0.05) is 11.6 Å². The lowest BCUT2D eigenvalue weighted by atomic mass is 10.1. The molecule has 0 saturated carbocycles. The maximum atomic E-state index is 13.5.